The summed E-state index contributed by atoms with van der Waals surface area (Å²) in [5.41, 5.74) is 1.41. The highest BCUT2D eigenvalue weighted by atomic mass is 16.5. The van der Waals surface area contributed by atoms with E-state index >= 15 is 0 Å². The summed E-state index contributed by atoms with van der Waals surface area (Å²) in [7, 11) is 1.71. The van der Waals surface area contributed by atoms with Crippen molar-refractivity contribution in [3.8, 4) is 5.75 Å². The SMILES string of the molecule is CCNC(CCCCc1ccc(OC)cc1)C(C)C. The van der Waals surface area contributed by atoms with Crippen molar-refractivity contribution in [1.29, 1.82) is 0 Å². The first-order valence-corrected chi connectivity index (χ1v) is 7.53. The van der Waals surface area contributed by atoms with E-state index in [2.05, 4.69) is 38.2 Å². The first-order valence-electron chi connectivity index (χ1n) is 7.53. The van der Waals surface area contributed by atoms with Crippen molar-refractivity contribution < 1.29 is 4.74 Å². The standard InChI is InChI=1S/C17H29NO/c1-5-18-17(14(2)3)9-7-6-8-15-10-12-16(19-4)13-11-15/h10-14,17-18H,5-9H2,1-4H3. The Bertz CT molecular complexity index is 332. The molecule has 2 nitrogen and oxygen atoms in total. The van der Waals surface area contributed by atoms with Crippen LogP contribution < -0.4 is 10.1 Å². The van der Waals surface area contributed by atoms with Gasteiger partial charge >= 0.3 is 0 Å². The normalized spacial score (nSPS) is 12.7. The Morgan fingerprint density at radius 3 is 2.32 bits per heavy atom. The van der Waals surface area contributed by atoms with E-state index in [1.807, 2.05) is 12.1 Å². The number of nitrogens with one attached hydrogen (secondary N) is 1. The second kappa shape index (κ2) is 8.98. The quantitative estimate of drug-likeness (QED) is 0.679. The predicted octanol–water partition coefficient (Wildman–Crippen LogP) is 4.04. The molecule has 0 aromatic heterocycles. The maximum atomic E-state index is 5.17. The van der Waals surface area contributed by atoms with E-state index in [-0.39, 0.29) is 0 Å². The van der Waals surface area contributed by atoms with Crippen LogP contribution in [0.2, 0.25) is 0 Å². The van der Waals surface area contributed by atoms with Gasteiger partial charge in [-0.15, -0.1) is 0 Å². The molecule has 0 amide bonds. The largest absolute Gasteiger partial charge is 0.497 e. The minimum Gasteiger partial charge on any atom is -0.497 e. The third-order valence-corrected chi connectivity index (χ3v) is 3.66. The summed E-state index contributed by atoms with van der Waals surface area (Å²) in [6.07, 6.45) is 5.01. The lowest BCUT2D eigenvalue weighted by atomic mass is 9.97. The fraction of sp³-hybridized carbons (Fsp3) is 0.647. The van der Waals surface area contributed by atoms with Gasteiger partial charge < -0.3 is 10.1 Å². The lowest BCUT2D eigenvalue weighted by Crippen LogP contribution is -2.33. The van der Waals surface area contributed by atoms with Gasteiger partial charge in [-0.25, -0.2) is 0 Å². The monoisotopic (exact) mass is 263 g/mol. The van der Waals surface area contributed by atoms with Crippen LogP contribution in [0.5, 0.6) is 5.75 Å². The fourth-order valence-electron chi connectivity index (χ4n) is 2.42. The molecular weight excluding hydrogens is 234 g/mol. The highest BCUT2D eigenvalue weighted by molar-refractivity contribution is 5.27. The molecular formula is C17H29NO. The molecule has 1 rings (SSSR count). The second-order valence-corrected chi connectivity index (χ2v) is 5.50. The molecule has 0 radical (unpaired) electrons. The fourth-order valence-corrected chi connectivity index (χ4v) is 2.42. The minimum absolute atomic E-state index is 0.667. The minimum atomic E-state index is 0.667. The average Bonchev–Trinajstić information content (AvgIpc) is 2.42. The molecule has 0 heterocycles. The summed E-state index contributed by atoms with van der Waals surface area (Å²) in [6, 6.07) is 9.10. The Morgan fingerprint density at radius 2 is 1.79 bits per heavy atom. The molecule has 0 bridgehead atoms. The zero-order valence-corrected chi connectivity index (χ0v) is 12.9. The molecule has 1 aromatic rings. The molecule has 0 aliphatic carbocycles. The summed E-state index contributed by atoms with van der Waals surface area (Å²) >= 11 is 0. The Balaban J connectivity index is 2.25. The van der Waals surface area contributed by atoms with E-state index in [9.17, 15) is 0 Å². The first kappa shape index (κ1) is 16.0. The lowest BCUT2D eigenvalue weighted by Gasteiger charge is -2.21. The molecule has 0 fully saturated rings. The van der Waals surface area contributed by atoms with Gasteiger partial charge in [0.25, 0.3) is 0 Å². The van der Waals surface area contributed by atoms with Gasteiger partial charge in [0.05, 0.1) is 7.11 Å². The summed E-state index contributed by atoms with van der Waals surface area (Å²) in [6.45, 7) is 7.86. The topological polar surface area (TPSA) is 21.3 Å². The molecule has 0 aliphatic heterocycles. The van der Waals surface area contributed by atoms with Crippen LogP contribution in [0.15, 0.2) is 24.3 Å². The van der Waals surface area contributed by atoms with E-state index < -0.39 is 0 Å². The van der Waals surface area contributed by atoms with Crippen LogP contribution >= 0.6 is 0 Å². The zero-order chi connectivity index (χ0) is 14.1. The van der Waals surface area contributed by atoms with Crippen LogP contribution in [0.1, 0.15) is 45.6 Å². The van der Waals surface area contributed by atoms with Crippen LogP contribution in [-0.4, -0.2) is 19.7 Å². The van der Waals surface area contributed by atoms with Crippen LogP contribution in [0.3, 0.4) is 0 Å². The molecule has 0 aliphatic rings. The van der Waals surface area contributed by atoms with Gasteiger partial charge in [0.15, 0.2) is 0 Å². The van der Waals surface area contributed by atoms with Crippen molar-refractivity contribution in [1.82, 2.24) is 5.32 Å². The zero-order valence-electron chi connectivity index (χ0n) is 12.9. The van der Waals surface area contributed by atoms with Crippen molar-refractivity contribution >= 4 is 0 Å². The maximum Gasteiger partial charge on any atom is 0.118 e. The molecule has 0 saturated carbocycles. The van der Waals surface area contributed by atoms with Crippen molar-refractivity contribution in [2.75, 3.05) is 13.7 Å². The van der Waals surface area contributed by atoms with Gasteiger partial charge in [-0.3, -0.25) is 0 Å². The van der Waals surface area contributed by atoms with Crippen LogP contribution in [0.25, 0.3) is 0 Å². The van der Waals surface area contributed by atoms with Crippen molar-refractivity contribution in [2.24, 2.45) is 5.92 Å². The molecule has 0 spiro atoms. The number of ether oxygens (including phenoxy) is 1. The Hall–Kier alpha value is -1.02. The van der Waals surface area contributed by atoms with E-state index in [1.165, 1.54) is 31.2 Å². The van der Waals surface area contributed by atoms with Crippen molar-refractivity contribution in [3.05, 3.63) is 29.8 Å². The molecule has 108 valence electrons. The summed E-state index contributed by atoms with van der Waals surface area (Å²) < 4.78 is 5.17. The first-order chi connectivity index (χ1) is 9.17. The maximum absolute atomic E-state index is 5.17. The number of benzene rings is 1. The number of rotatable bonds is 9. The van der Waals surface area contributed by atoms with Crippen LogP contribution in [0, 0.1) is 5.92 Å². The third-order valence-electron chi connectivity index (χ3n) is 3.66. The Kier molecular flexibility index (Phi) is 7.57. The molecule has 1 unspecified atom stereocenters. The van der Waals surface area contributed by atoms with E-state index in [0.717, 1.165) is 18.2 Å². The highest BCUT2D eigenvalue weighted by Crippen LogP contribution is 2.15. The number of aryl methyl sites for hydroxylation is 1. The molecule has 1 N–H and O–H groups in total. The lowest BCUT2D eigenvalue weighted by molar-refractivity contribution is 0.373. The molecule has 1 aromatic carbocycles. The Labute approximate surface area is 118 Å². The Morgan fingerprint density at radius 1 is 1.11 bits per heavy atom. The van der Waals surface area contributed by atoms with Crippen LogP contribution in [0.4, 0.5) is 0 Å². The molecule has 1 atom stereocenters. The van der Waals surface area contributed by atoms with E-state index in [1.54, 1.807) is 7.11 Å². The number of hydrogen-bond donors (Lipinski definition) is 1. The van der Waals surface area contributed by atoms with Crippen molar-refractivity contribution in [2.45, 2.75) is 52.5 Å². The number of unbranched alkanes of at least 4 members (excludes halogenated alkanes) is 1. The van der Waals surface area contributed by atoms with Gasteiger partial charge in [-0.1, -0.05) is 39.3 Å². The van der Waals surface area contributed by atoms with Gasteiger partial charge in [-0.2, -0.15) is 0 Å². The third kappa shape index (κ3) is 6.11. The van der Waals surface area contributed by atoms with Gasteiger partial charge in [0, 0.05) is 6.04 Å². The van der Waals surface area contributed by atoms with Gasteiger partial charge in [0.1, 0.15) is 5.75 Å². The van der Waals surface area contributed by atoms with E-state index in [0.29, 0.717) is 6.04 Å². The average molecular weight is 263 g/mol. The number of hydrogen-bond acceptors (Lipinski definition) is 2. The van der Waals surface area contributed by atoms with Crippen molar-refractivity contribution in [3.63, 3.8) is 0 Å². The molecule has 0 saturated heterocycles. The number of methoxy groups -OCH3 is 1. The molecule has 2 heteroatoms. The van der Waals surface area contributed by atoms with Gasteiger partial charge in [0.2, 0.25) is 0 Å². The highest BCUT2D eigenvalue weighted by Gasteiger charge is 2.10. The molecule has 19 heavy (non-hydrogen) atoms. The van der Waals surface area contributed by atoms with Gasteiger partial charge in [-0.05, 0) is 49.4 Å². The summed E-state index contributed by atoms with van der Waals surface area (Å²) in [5.74, 6) is 1.66. The smallest absolute Gasteiger partial charge is 0.118 e. The summed E-state index contributed by atoms with van der Waals surface area (Å²) in [4.78, 5) is 0. The predicted molar refractivity (Wildman–Crippen MR) is 82.9 cm³/mol. The van der Waals surface area contributed by atoms with E-state index in [4.69, 9.17) is 4.74 Å². The van der Waals surface area contributed by atoms with Crippen LogP contribution in [-0.2, 0) is 6.42 Å². The summed E-state index contributed by atoms with van der Waals surface area (Å²) in [5, 5.41) is 3.58. The second-order valence-electron chi connectivity index (χ2n) is 5.50.